The molecule has 8 rings (SSSR count). The van der Waals surface area contributed by atoms with E-state index >= 15 is 8.78 Å². The van der Waals surface area contributed by atoms with Crippen LogP contribution in [0.2, 0.25) is 0 Å². The van der Waals surface area contributed by atoms with Crippen molar-refractivity contribution in [3.05, 3.63) is 41.5 Å². The van der Waals surface area contributed by atoms with E-state index in [0.717, 1.165) is 19.4 Å². The number of aromatic hydroxyl groups is 1. The van der Waals surface area contributed by atoms with Gasteiger partial charge in [-0.2, -0.15) is 9.97 Å². The van der Waals surface area contributed by atoms with Crippen molar-refractivity contribution >= 4 is 27.5 Å². The van der Waals surface area contributed by atoms with Gasteiger partial charge in [0.15, 0.2) is 5.82 Å². The molecule has 4 aromatic rings. The third-order valence-corrected chi connectivity index (χ3v) is 9.97. The molecular weight excluding hydrogens is 602 g/mol. The Hall–Kier alpha value is -4.37. The molecule has 4 atom stereocenters. The number of terminal acetylenes is 1. The highest BCUT2D eigenvalue weighted by Crippen LogP contribution is 2.45. The lowest BCUT2D eigenvalue weighted by molar-refractivity contribution is 0.107. The lowest BCUT2D eigenvalue weighted by Crippen LogP contribution is -2.43. The summed E-state index contributed by atoms with van der Waals surface area (Å²) in [6.45, 7) is 1.37. The highest BCUT2D eigenvalue weighted by molar-refractivity contribution is 6.04. The second kappa shape index (κ2) is 10.9. The van der Waals surface area contributed by atoms with Crippen LogP contribution >= 0.6 is 0 Å². The molecule has 0 aliphatic carbocycles. The second-order valence-corrected chi connectivity index (χ2v) is 12.8. The molecule has 46 heavy (non-hydrogen) atoms. The van der Waals surface area contributed by atoms with Gasteiger partial charge in [0.05, 0.1) is 23.7 Å². The van der Waals surface area contributed by atoms with Crippen LogP contribution < -0.4 is 14.4 Å². The number of rotatable bonds is 4. The predicted octanol–water partition coefficient (Wildman–Crippen LogP) is 5.85. The molecule has 0 radical (unpaired) electrons. The SMILES string of the molecule is C#Cc1c(F)ccc2cc(O)cc(-c3nc4c5c(nc(OC[C@@]67CCCN6C[C@H](F)C7)nc5c3F)N3CC(F)CCC[C@H]3CO4)c12. The van der Waals surface area contributed by atoms with Crippen molar-refractivity contribution in [1.82, 2.24) is 19.9 Å². The topological polar surface area (TPSA) is 83.8 Å². The van der Waals surface area contributed by atoms with Crippen molar-refractivity contribution in [2.75, 3.05) is 37.7 Å². The van der Waals surface area contributed by atoms with E-state index in [-0.39, 0.29) is 82.4 Å². The summed E-state index contributed by atoms with van der Waals surface area (Å²) in [5.41, 5.74) is -1.03. The van der Waals surface area contributed by atoms with Gasteiger partial charge in [-0.25, -0.2) is 22.5 Å². The summed E-state index contributed by atoms with van der Waals surface area (Å²) in [5.74, 6) is 0.814. The van der Waals surface area contributed by atoms with E-state index in [9.17, 15) is 13.9 Å². The fourth-order valence-corrected chi connectivity index (χ4v) is 7.85. The van der Waals surface area contributed by atoms with Gasteiger partial charge in [-0.1, -0.05) is 12.0 Å². The summed E-state index contributed by atoms with van der Waals surface area (Å²) in [4.78, 5) is 17.6. The summed E-state index contributed by atoms with van der Waals surface area (Å²) in [5, 5.41) is 11.3. The lowest BCUT2D eigenvalue weighted by Gasteiger charge is -2.31. The Morgan fingerprint density at radius 3 is 2.78 bits per heavy atom. The van der Waals surface area contributed by atoms with Crippen LogP contribution in [-0.4, -0.2) is 81.7 Å². The van der Waals surface area contributed by atoms with E-state index in [2.05, 4.69) is 20.8 Å². The molecule has 0 bridgehead atoms. The summed E-state index contributed by atoms with van der Waals surface area (Å²) in [7, 11) is 0. The lowest BCUT2D eigenvalue weighted by atomic mass is 9.95. The van der Waals surface area contributed by atoms with Crippen molar-refractivity contribution in [1.29, 1.82) is 0 Å². The van der Waals surface area contributed by atoms with E-state index in [1.54, 1.807) is 4.90 Å². The maximum Gasteiger partial charge on any atom is 0.319 e. The molecule has 2 aromatic carbocycles. The molecule has 0 amide bonds. The molecule has 3 saturated heterocycles. The first-order chi connectivity index (χ1) is 22.2. The molecule has 0 spiro atoms. The quantitative estimate of drug-likeness (QED) is 0.221. The number of anilines is 1. The maximum absolute atomic E-state index is 16.9. The van der Waals surface area contributed by atoms with Crippen molar-refractivity contribution in [2.24, 2.45) is 0 Å². The molecule has 238 valence electrons. The largest absolute Gasteiger partial charge is 0.508 e. The number of hydrogen-bond donors (Lipinski definition) is 1. The third kappa shape index (κ3) is 4.58. The fraction of sp³-hybridized carbons (Fsp3) is 0.441. The minimum Gasteiger partial charge on any atom is -0.508 e. The Kier molecular flexibility index (Phi) is 6.86. The fourth-order valence-electron chi connectivity index (χ4n) is 7.85. The van der Waals surface area contributed by atoms with Crippen LogP contribution in [0.25, 0.3) is 32.9 Å². The van der Waals surface area contributed by atoms with Crippen molar-refractivity contribution in [3.8, 4) is 41.2 Å². The zero-order chi connectivity index (χ0) is 31.7. The van der Waals surface area contributed by atoms with Gasteiger partial charge in [0.25, 0.3) is 0 Å². The number of benzene rings is 2. The highest BCUT2D eigenvalue weighted by atomic mass is 19.1. The number of phenolic OH excluding ortho intramolecular Hbond substituents is 1. The van der Waals surface area contributed by atoms with Crippen LogP contribution in [0.15, 0.2) is 24.3 Å². The number of phenols is 1. The molecule has 2 aromatic heterocycles. The zero-order valence-electron chi connectivity index (χ0n) is 24.9. The minimum atomic E-state index is -1.14. The third-order valence-electron chi connectivity index (χ3n) is 9.97. The molecule has 3 fully saturated rings. The van der Waals surface area contributed by atoms with Crippen LogP contribution in [-0.2, 0) is 0 Å². The first-order valence-corrected chi connectivity index (χ1v) is 15.6. The van der Waals surface area contributed by atoms with Gasteiger partial charge < -0.3 is 19.5 Å². The van der Waals surface area contributed by atoms with Gasteiger partial charge in [-0.05, 0) is 62.2 Å². The minimum absolute atomic E-state index is 0.0169. The Labute approximate surface area is 262 Å². The number of hydrogen-bond acceptors (Lipinski definition) is 8. The average Bonchev–Trinajstić information content (AvgIpc) is 3.43. The zero-order valence-corrected chi connectivity index (χ0v) is 24.9. The Balaban J connectivity index is 1.34. The Morgan fingerprint density at radius 2 is 1.93 bits per heavy atom. The van der Waals surface area contributed by atoms with Gasteiger partial charge in [-0.15, -0.1) is 6.42 Å². The number of halogens is 4. The molecular formula is C34H31F4N5O3. The Morgan fingerprint density at radius 1 is 1.07 bits per heavy atom. The van der Waals surface area contributed by atoms with Crippen LogP contribution in [0.1, 0.15) is 44.1 Å². The average molecular weight is 634 g/mol. The predicted molar refractivity (Wildman–Crippen MR) is 164 cm³/mol. The van der Waals surface area contributed by atoms with Crippen molar-refractivity contribution < 1.29 is 32.1 Å². The Bertz CT molecular complexity index is 1940. The van der Waals surface area contributed by atoms with Crippen LogP contribution in [0.4, 0.5) is 23.4 Å². The molecule has 0 saturated carbocycles. The second-order valence-electron chi connectivity index (χ2n) is 12.8. The maximum atomic E-state index is 16.9. The summed E-state index contributed by atoms with van der Waals surface area (Å²) in [6.07, 6.45) is 7.19. The molecule has 1 unspecified atom stereocenters. The van der Waals surface area contributed by atoms with E-state index in [1.807, 2.05) is 0 Å². The standard InChI is InChI=1S/C34H31F4N5O3/c1-2-23-25(37)8-7-18-11-22(44)12-24(26(18)23)29-28(38)30-27-31(43-15-19(35)5-3-6-21(43)16-45-32(27)39-29)41-33(40-30)46-17-34-9-4-10-42(34)14-20(36)13-34/h1,7-8,11-12,19-21,44H,3-6,9-10,13-17H2/t19?,20-,21+,34+/m1/s1. The van der Waals surface area contributed by atoms with Crippen LogP contribution in [0.5, 0.6) is 17.6 Å². The number of aromatic nitrogens is 3. The van der Waals surface area contributed by atoms with Gasteiger partial charge in [0.2, 0.25) is 5.88 Å². The summed E-state index contributed by atoms with van der Waals surface area (Å²) < 4.78 is 73.7. The monoisotopic (exact) mass is 633 g/mol. The van der Waals surface area contributed by atoms with Crippen molar-refractivity contribution in [3.63, 3.8) is 0 Å². The number of nitrogens with zero attached hydrogens (tertiary/aromatic N) is 5. The summed E-state index contributed by atoms with van der Waals surface area (Å²) in [6, 6.07) is 4.89. The van der Waals surface area contributed by atoms with E-state index < -0.39 is 29.5 Å². The molecule has 4 aliphatic heterocycles. The first kappa shape index (κ1) is 29.1. The summed E-state index contributed by atoms with van der Waals surface area (Å²) >= 11 is 0. The number of fused-ring (bicyclic) bond motifs is 4. The highest BCUT2D eigenvalue weighted by Gasteiger charge is 2.49. The van der Waals surface area contributed by atoms with Crippen LogP contribution in [0.3, 0.4) is 0 Å². The number of ether oxygens (including phenoxy) is 2. The van der Waals surface area contributed by atoms with Gasteiger partial charge in [-0.3, -0.25) is 4.90 Å². The first-order valence-electron chi connectivity index (χ1n) is 15.6. The van der Waals surface area contributed by atoms with Gasteiger partial charge >= 0.3 is 6.01 Å². The van der Waals surface area contributed by atoms with E-state index in [4.69, 9.17) is 20.9 Å². The van der Waals surface area contributed by atoms with Crippen LogP contribution in [0, 0.1) is 24.0 Å². The molecule has 12 heteroatoms. The van der Waals surface area contributed by atoms with E-state index in [0.29, 0.717) is 37.6 Å². The van der Waals surface area contributed by atoms with Gasteiger partial charge in [0.1, 0.15) is 59.5 Å². The normalized spacial score (nSPS) is 25.9. The smallest absolute Gasteiger partial charge is 0.319 e. The van der Waals surface area contributed by atoms with Crippen molar-refractivity contribution in [2.45, 2.75) is 62.4 Å². The number of pyridine rings is 1. The molecule has 4 aliphatic rings. The molecule has 6 heterocycles. The molecule has 8 nitrogen and oxygen atoms in total. The number of alkyl halides is 2. The van der Waals surface area contributed by atoms with Gasteiger partial charge in [0, 0.05) is 23.9 Å². The van der Waals surface area contributed by atoms with E-state index in [1.165, 1.54) is 24.3 Å². The molecule has 1 N–H and O–H groups in total.